The molecule has 0 bridgehead atoms. The van der Waals surface area contributed by atoms with Crippen LogP contribution in [0.1, 0.15) is 30.4 Å². The van der Waals surface area contributed by atoms with Crippen LogP contribution in [0.4, 0.5) is 36.3 Å². The van der Waals surface area contributed by atoms with E-state index in [1.807, 2.05) is 0 Å². The lowest BCUT2D eigenvalue weighted by molar-refractivity contribution is -0.137. The summed E-state index contributed by atoms with van der Waals surface area (Å²) >= 11 is 1.45. The molecule has 8 nitrogen and oxygen atoms in total. The highest BCUT2D eigenvalue weighted by molar-refractivity contribution is 7.99. The molecule has 34 heavy (non-hydrogen) atoms. The molecule has 1 saturated carbocycles. The molecule has 3 heterocycles. The Balaban J connectivity index is 1.38. The zero-order valence-electron chi connectivity index (χ0n) is 17.8. The topological polar surface area (TPSA) is 105 Å². The van der Waals surface area contributed by atoms with Crippen LogP contribution in [0.15, 0.2) is 48.0 Å². The summed E-state index contributed by atoms with van der Waals surface area (Å²) in [5, 5.41) is 9.31. The third-order valence-corrected chi connectivity index (χ3v) is 6.94. The van der Waals surface area contributed by atoms with Crippen LogP contribution in [-0.2, 0) is 17.4 Å². The predicted octanol–water partition coefficient (Wildman–Crippen LogP) is 4.65. The fraction of sp³-hybridized carbons (Fsp3) is 0.318. The number of hydrogen-bond donors (Lipinski definition) is 3. The third kappa shape index (κ3) is 4.91. The van der Waals surface area contributed by atoms with Gasteiger partial charge in [0.1, 0.15) is 11.4 Å². The number of alkyl halides is 3. The number of carbonyl (C=O) groups excluding carboxylic acids is 1. The van der Waals surface area contributed by atoms with Gasteiger partial charge in [-0.15, -0.1) is 0 Å². The van der Waals surface area contributed by atoms with Crippen LogP contribution in [-0.4, -0.2) is 37.1 Å². The number of nitrogens with one attached hydrogen (secondary N) is 3. The predicted molar refractivity (Wildman–Crippen MR) is 122 cm³/mol. The number of benzene rings is 1. The molecule has 176 valence electrons. The van der Waals surface area contributed by atoms with Gasteiger partial charge in [0.15, 0.2) is 5.16 Å². The van der Waals surface area contributed by atoms with Crippen molar-refractivity contribution in [2.45, 2.75) is 48.3 Å². The minimum Gasteiger partial charge on any atom is -0.366 e. The Morgan fingerprint density at radius 3 is 2.74 bits per heavy atom. The first-order chi connectivity index (χ1) is 16.3. The Bertz CT molecular complexity index is 1210. The third-order valence-electron chi connectivity index (χ3n) is 5.65. The SMILES string of the molecule is O=C1Cc2cc(Nc3ncc(C(F)(F)F)c(NC4CCCC4Sc4ncccn4)n3)ccc2N1. The van der Waals surface area contributed by atoms with Gasteiger partial charge in [0.05, 0.1) is 6.42 Å². The molecule has 1 aliphatic carbocycles. The van der Waals surface area contributed by atoms with Crippen LogP contribution in [0.5, 0.6) is 0 Å². The second-order valence-corrected chi connectivity index (χ2v) is 9.25. The number of carbonyl (C=O) groups is 1. The number of fused-ring (bicyclic) bond motifs is 1. The number of halogens is 3. The zero-order valence-corrected chi connectivity index (χ0v) is 18.6. The first-order valence-electron chi connectivity index (χ1n) is 10.7. The van der Waals surface area contributed by atoms with Crippen molar-refractivity contribution in [3.8, 4) is 0 Å². The highest BCUT2D eigenvalue weighted by Crippen LogP contribution is 2.39. The summed E-state index contributed by atoms with van der Waals surface area (Å²) in [5.74, 6) is -0.342. The number of nitrogens with zero attached hydrogens (tertiary/aromatic N) is 4. The molecule has 2 unspecified atom stereocenters. The average Bonchev–Trinajstić information content (AvgIpc) is 3.38. The first kappa shape index (κ1) is 22.4. The van der Waals surface area contributed by atoms with E-state index in [4.69, 9.17) is 0 Å². The Hall–Kier alpha value is -3.41. The van der Waals surface area contributed by atoms with Gasteiger partial charge in [0, 0.05) is 41.3 Å². The molecule has 2 aromatic heterocycles. The molecule has 1 aromatic carbocycles. The van der Waals surface area contributed by atoms with E-state index in [1.54, 1.807) is 36.7 Å². The smallest absolute Gasteiger partial charge is 0.366 e. The van der Waals surface area contributed by atoms with Crippen molar-refractivity contribution in [2.24, 2.45) is 0 Å². The van der Waals surface area contributed by atoms with Gasteiger partial charge in [-0.1, -0.05) is 18.2 Å². The van der Waals surface area contributed by atoms with Crippen molar-refractivity contribution in [1.82, 2.24) is 19.9 Å². The number of hydrogen-bond acceptors (Lipinski definition) is 8. The van der Waals surface area contributed by atoms with Crippen LogP contribution in [0.3, 0.4) is 0 Å². The van der Waals surface area contributed by atoms with E-state index in [1.165, 1.54) is 11.8 Å². The molecule has 0 spiro atoms. The minimum atomic E-state index is -4.61. The van der Waals surface area contributed by atoms with Gasteiger partial charge in [-0.3, -0.25) is 4.79 Å². The first-order valence-corrected chi connectivity index (χ1v) is 11.6. The highest BCUT2D eigenvalue weighted by Gasteiger charge is 2.37. The molecular weight excluding hydrogens is 467 g/mol. The average molecular weight is 488 g/mol. The van der Waals surface area contributed by atoms with Gasteiger partial charge in [-0.05, 0) is 42.7 Å². The summed E-state index contributed by atoms with van der Waals surface area (Å²) < 4.78 is 41.1. The minimum absolute atomic E-state index is 0.0107. The van der Waals surface area contributed by atoms with Gasteiger partial charge < -0.3 is 16.0 Å². The number of amides is 1. The Kier molecular flexibility index (Phi) is 5.98. The van der Waals surface area contributed by atoms with Gasteiger partial charge >= 0.3 is 6.18 Å². The van der Waals surface area contributed by atoms with Crippen LogP contribution in [0, 0.1) is 0 Å². The molecule has 0 radical (unpaired) electrons. The molecule has 5 rings (SSSR count). The van der Waals surface area contributed by atoms with E-state index in [2.05, 4.69) is 35.9 Å². The molecule has 2 atom stereocenters. The van der Waals surface area contributed by atoms with E-state index in [0.717, 1.165) is 30.3 Å². The Morgan fingerprint density at radius 2 is 1.94 bits per heavy atom. The van der Waals surface area contributed by atoms with E-state index in [0.29, 0.717) is 17.3 Å². The molecule has 3 N–H and O–H groups in total. The van der Waals surface area contributed by atoms with Crippen molar-refractivity contribution in [3.05, 3.63) is 54.0 Å². The lowest BCUT2D eigenvalue weighted by Crippen LogP contribution is -2.28. The molecule has 1 amide bonds. The van der Waals surface area contributed by atoms with Crippen molar-refractivity contribution in [2.75, 3.05) is 16.0 Å². The summed E-state index contributed by atoms with van der Waals surface area (Å²) in [6.07, 6.45) is 2.13. The number of rotatable bonds is 6. The maximum Gasteiger partial charge on any atom is 0.421 e. The summed E-state index contributed by atoms with van der Waals surface area (Å²) in [4.78, 5) is 28.1. The summed E-state index contributed by atoms with van der Waals surface area (Å²) in [6.45, 7) is 0. The van der Waals surface area contributed by atoms with Gasteiger partial charge in [0.2, 0.25) is 11.9 Å². The standard InChI is InChI=1S/C22H20F3N7OS/c23-22(24,25)14-11-28-20(29-13-5-6-15-12(9-13)10-18(33)30-15)32-19(14)31-16-3-1-4-17(16)34-21-26-7-2-8-27-21/h2,5-9,11,16-17H,1,3-4,10H2,(H,30,33)(H2,28,29,31,32). The monoisotopic (exact) mass is 487 g/mol. The van der Waals surface area contributed by atoms with E-state index < -0.39 is 11.7 Å². The van der Waals surface area contributed by atoms with Crippen LogP contribution in [0.2, 0.25) is 0 Å². The molecule has 1 aliphatic heterocycles. The molecular formula is C22H20F3N7OS. The fourth-order valence-electron chi connectivity index (χ4n) is 4.09. The summed E-state index contributed by atoms with van der Waals surface area (Å²) in [5.41, 5.74) is 1.18. The highest BCUT2D eigenvalue weighted by atomic mass is 32.2. The Morgan fingerprint density at radius 1 is 1.12 bits per heavy atom. The maximum atomic E-state index is 13.7. The van der Waals surface area contributed by atoms with E-state index in [9.17, 15) is 18.0 Å². The zero-order chi connectivity index (χ0) is 23.7. The normalized spacial score (nSPS) is 19.6. The molecule has 1 fully saturated rings. The lowest BCUT2D eigenvalue weighted by Gasteiger charge is -2.23. The van der Waals surface area contributed by atoms with Gasteiger partial charge in [0.25, 0.3) is 0 Å². The second kappa shape index (κ2) is 9.09. The fourth-order valence-corrected chi connectivity index (χ4v) is 5.25. The van der Waals surface area contributed by atoms with Gasteiger partial charge in [-0.2, -0.15) is 18.2 Å². The molecule has 0 saturated heterocycles. The van der Waals surface area contributed by atoms with Crippen LogP contribution in [0.25, 0.3) is 0 Å². The van der Waals surface area contributed by atoms with Crippen LogP contribution >= 0.6 is 11.8 Å². The largest absolute Gasteiger partial charge is 0.421 e. The van der Waals surface area contributed by atoms with Crippen molar-refractivity contribution >= 4 is 40.8 Å². The van der Waals surface area contributed by atoms with Crippen molar-refractivity contribution < 1.29 is 18.0 Å². The van der Waals surface area contributed by atoms with E-state index >= 15 is 0 Å². The van der Waals surface area contributed by atoms with E-state index in [-0.39, 0.29) is 35.4 Å². The molecule has 12 heteroatoms. The van der Waals surface area contributed by atoms with Crippen molar-refractivity contribution in [1.29, 1.82) is 0 Å². The summed E-state index contributed by atoms with van der Waals surface area (Å²) in [6, 6.07) is 6.69. The number of anilines is 4. The number of aromatic nitrogens is 4. The summed E-state index contributed by atoms with van der Waals surface area (Å²) in [7, 11) is 0. The Labute approximate surface area is 197 Å². The van der Waals surface area contributed by atoms with Crippen molar-refractivity contribution in [3.63, 3.8) is 0 Å². The van der Waals surface area contributed by atoms with Gasteiger partial charge in [-0.25, -0.2) is 15.0 Å². The second-order valence-electron chi connectivity index (χ2n) is 8.04. The quantitative estimate of drug-likeness (QED) is 0.432. The molecule has 2 aliphatic rings. The maximum absolute atomic E-state index is 13.7. The number of thioether (sulfide) groups is 1. The van der Waals surface area contributed by atoms with Crippen LogP contribution < -0.4 is 16.0 Å². The molecule has 3 aromatic rings. The lowest BCUT2D eigenvalue weighted by atomic mass is 10.1.